The van der Waals surface area contributed by atoms with Crippen LogP contribution in [0.1, 0.15) is 47.0 Å². The van der Waals surface area contributed by atoms with E-state index in [9.17, 15) is 9.90 Å². The second-order valence-electron chi connectivity index (χ2n) is 5.90. The topological polar surface area (TPSA) is 49.8 Å². The first-order chi connectivity index (χ1) is 7.85. The number of carbonyl (C=O) groups excluding carboxylic acids is 1. The van der Waals surface area contributed by atoms with Crippen molar-refractivity contribution in [1.29, 1.82) is 0 Å². The van der Waals surface area contributed by atoms with Crippen molar-refractivity contribution in [3.63, 3.8) is 0 Å². The van der Waals surface area contributed by atoms with Crippen LogP contribution in [0.5, 0.6) is 0 Å². The highest BCUT2D eigenvalue weighted by Gasteiger charge is 2.33. The second kappa shape index (κ2) is 5.71. The van der Waals surface area contributed by atoms with Crippen molar-refractivity contribution in [3.05, 3.63) is 0 Å². The lowest BCUT2D eigenvalue weighted by Gasteiger charge is -2.39. The molecule has 2 atom stereocenters. The molecule has 100 valence electrons. The Balaban J connectivity index is 2.67. The summed E-state index contributed by atoms with van der Waals surface area (Å²) in [4.78, 5) is 13.9. The minimum absolute atomic E-state index is 0.114. The molecule has 1 aliphatic heterocycles. The minimum Gasteiger partial charge on any atom is -0.444 e. The van der Waals surface area contributed by atoms with E-state index in [1.165, 1.54) is 0 Å². The lowest BCUT2D eigenvalue weighted by molar-refractivity contribution is -0.00164. The zero-order chi connectivity index (χ0) is 13.1. The summed E-state index contributed by atoms with van der Waals surface area (Å²) < 4.78 is 5.41. The molecule has 0 aromatic rings. The highest BCUT2D eigenvalue weighted by atomic mass is 16.6. The quantitative estimate of drug-likeness (QED) is 0.810. The van der Waals surface area contributed by atoms with Crippen LogP contribution in [0, 0.1) is 5.92 Å². The fourth-order valence-electron chi connectivity index (χ4n) is 2.22. The number of aliphatic hydroxyl groups excluding tert-OH is 1. The maximum Gasteiger partial charge on any atom is 0.410 e. The van der Waals surface area contributed by atoms with Crippen molar-refractivity contribution in [2.45, 2.75) is 58.6 Å². The van der Waals surface area contributed by atoms with E-state index in [1.54, 1.807) is 4.90 Å². The van der Waals surface area contributed by atoms with Gasteiger partial charge in [-0.25, -0.2) is 4.79 Å². The van der Waals surface area contributed by atoms with E-state index in [2.05, 4.69) is 0 Å². The molecule has 1 amide bonds. The summed E-state index contributed by atoms with van der Waals surface area (Å²) in [7, 11) is 0. The summed E-state index contributed by atoms with van der Waals surface area (Å²) in [6.45, 7) is 8.46. The van der Waals surface area contributed by atoms with Gasteiger partial charge in [0, 0.05) is 19.2 Å². The predicted octanol–water partition coefficient (Wildman–Crippen LogP) is 2.40. The lowest BCUT2D eigenvalue weighted by atomic mass is 9.92. The van der Waals surface area contributed by atoms with Crippen LogP contribution in [0.4, 0.5) is 4.79 Å². The number of hydrogen-bond donors (Lipinski definition) is 1. The van der Waals surface area contributed by atoms with Gasteiger partial charge < -0.3 is 14.7 Å². The monoisotopic (exact) mass is 243 g/mol. The normalized spacial score (nSPS) is 23.4. The molecule has 1 rings (SSSR count). The first-order valence-electron chi connectivity index (χ1n) is 6.45. The average Bonchev–Trinajstić information content (AvgIpc) is 2.25. The molecule has 2 unspecified atom stereocenters. The number of carbonyl (C=O) groups is 1. The zero-order valence-electron chi connectivity index (χ0n) is 11.4. The molecule has 4 nitrogen and oxygen atoms in total. The summed E-state index contributed by atoms with van der Waals surface area (Å²) >= 11 is 0. The molecule has 0 bridgehead atoms. The molecule has 1 heterocycles. The van der Waals surface area contributed by atoms with Crippen molar-refractivity contribution in [1.82, 2.24) is 4.90 Å². The Morgan fingerprint density at radius 1 is 1.47 bits per heavy atom. The molecule has 1 aliphatic rings. The van der Waals surface area contributed by atoms with Gasteiger partial charge in [-0.3, -0.25) is 0 Å². The smallest absolute Gasteiger partial charge is 0.410 e. The molecule has 0 aliphatic carbocycles. The molecule has 1 fully saturated rings. The van der Waals surface area contributed by atoms with Crippen LogP contribution in [0.25, 0.3) is 0 Å². The highest BCUT2D eigenvalue weighted by Crippen LogP contribution is 2.25. The number of hydrogen-bond acceptors (Lipinski definition) is 3. The van der Waals surface area contributed by atoms with Crippen molar-refractivity contribution in [3.8, 4) is 0 Å². The molecule has 0 spiro atoms. The first kappa shape index (κ1) is 14.3. The Morgan fingerprint density at radius 3 is 2.65 bits per heavy atom. The molecule has 1 N–H and O–H groups in total. The maximum absolute atomic E-state index is 12.1. The fraction of sp³-hybridized carbons (Fsp3) is 0.923. The van der Waals surface area contributed by atoms with Gasteiger partial charge in [-0.1, -0.05) is 6.92 Å². The van der Waals surface area contributed by atoms with Crippen molar-refractivity contribution < 1.29 is 14.6 Å². The Bertz CT molecular complexity index is 260. The Hall–Kier alpha value is -0.770. The van der Waals surface area contributed by atoms with E-state index in [1.807, 2.05) is 27.7 Å². The number of amides is 1. The van der Waals surface area contributed by atoms with Gasteiger partial charge in [0.2, 0.25) is 0 Å². The summed E-state index contributed by atoms with van der Waals surface area (Å²) in [5.41, 5.74) is -0.457. The van der Waals surface area contributed by atoms with E-state index in [4.69, 9.17) is 4.74 Å². The Labute approximate surface area is 104 Å². The van der Waals surface area contributed by atoms with Crippen molar-refractivity contribution >= 4 is 6.09 Å². The first-order valence-corrected chi connectivity index (χ1v) is 6.45. The molecule has 0 aromatic carbocycles. The number of aliphatic hydroxyl groups is 1. The summed E-state index contributed by atoms with van der Waals surface area (Å²) in [6, 6.07) is 0.114. The third-order valence-corrected chi connectivity index (χ3v) is 3.12. The largest absolute Gasteiger partial charge is 0.444 e. The van der Waals surface area contributed by atoms with Crippen LogP contribution < -0.4 is 0 Å². The van der Waals surface area contributed by atoms with E-state index in [0.717, 1.165) is 25.8 Å². The molecule has 0 saturated carbocycles. The molecular weight excluding hydrogens is 218 g/mol. The van der Waals surface area contributed by atoms with Crippen molar-refractivity contribution in [2.75, 3.05) is 13.2 Å². The van der Waals surface area contributed by atoms with Crippen LogP contribution in [-0.4, -0.2) is 40.9 Å². The number of rotatable bonds is 2. The molecule has 0 aromatic heterocycles. The molecule has 4 heteroatoms. The third-order valence-electron chi connectivity index (χ3n) is 3.12. The van der Waals surface area contributed by atoms with E-state index in [-0.39, 0.29) is 24.7 Å². The molecule has 17 heavy (non-hydrogen) atoms. The zero-order valence-corrected chi connectivity index (χ0v) is 11.4. The van der Waals surface area contributed by atoms with Gasteiger partial charge in [0.05, 0.1) is 0 Å². The van der Waals surface area contributed by atoms with Crippen LogP contribution in [-0.2, 0) is 4.74 Å². The second-order valence-corrected chi connectivity index (χ2v) is 5.90. The molecule has 0 radical (unpaired) electrons. The number of piperidine rings is 1. The molecule has 1 saturated heterocycles. The summed E-state index contributed by atoms with van der Waals surface area (Å²) in [5.74, 6) is 0.114. The van der Waals surface area contributed by atoms with Crippen molar-refractivity contribution in [2.24, 2.45) is 5.92 Å². The Morgan fingerprint density at radius 2 is 2.12 bits per heavy atom. The van der Waals surface area contributed by atoms with E-state index < -0.39 is 5.60 Å². The van der Waals surface area contributed by atoms with Gasteiger partial charge in [0.1, 0.15) is 5.60 Å². The lowest BCUT2D eigenvalue weighted by Crippen LogP contribution is -2.49. The Kier molecular flexibility index (Phi) is 4.80. The highest BCUT2D eigenvalue weighted by molar-refractivity contribution is 5.68. The van der Waals surface area contributed by atoms with Gasteiger partial charge in [0.25, 0.3) is 0 Å². The number of ether oxygens (including phenoxy) is 1. The van der Waals surface area contributed by atoms with E-state index in [0.29, 0.717) is 0 Å². The van der Waals surface area contributed by atoms with Gasteiger partial charge in [-0.05, 0) is 46.0 Å². The third kappa shape index (κ3) is 4.19. The van der Waals surface area contributed by atoms with Gasteiger partial charge >= 0.3 is 6.09 Å². The minimum atomic E-state index is -0.457. The van der Waals surface area contributed by atoms with Gasteiger partial charge in [-0.2, -0.15) is 0 Å². The fourth-order valence-corrected chi connectivity index (χ4v) is 2.22. The average molecular weight is 243 g/mol. The van der Waals surface area contributed by atoms with Crippen LogP contribution >= 0.6 is 0 Å². The SMILES string of the molecule is CC(CO)C1CCCCN1C(=O)OC(C)(C)C. The maximum atomic E-state index is 12.1. The standard InChI is InChI=1S/C13H25NO3/c1-10(9-15)11-7-5-6-8-14(11)12(16)17-13(2,3)4/h10-11,15H,5-9H2,1-4H3. The van der Waals surface area contributed by atoms with Gasteiger partial charge in [0.15, 0.2) is 0 Å². The van der Waals surface area contributed by atoms with Crippen LogP contribution in [0.15, 0.2) is 0 Å². The van der Waals surface area contributed by atoms with E-state index >= 15 is 0 Å². The summed E-state index contributed by atoms with van der Waals surface area (Å²) in [5, 5.41) is 9.24. The van der Waals surface area contributed by atoms with Crippen LogP contribution in [0.2, 0.25) is 0 Å². The predicted molar refractivity (Wildman–Crippen MR) is 66.8 cm³/mol. The molecular formula is C13H25NO3. The number of nitrogens with zero attached hydrogens (tertiary/aromatic N) is 1. The number of likely N-dealkylation sites (tertiary alicyclic amines) is 1. The van der Waals surface area contributed by atoms with Crippen LogP contribution in [0.3, 0.4) is 0 Å². The van der Waals surface area contributed by atoms with Gasteiger partial charge in [-0.15, -0.1) is 0 Å². The summed E-state index contributed by atoms with van der Waals surface area (Å²) in [6.07, 6.45) is 2.85.